The van der Waals surface area contributed by atoms with Gasteiger partial charge in [0.25, 0.3) is 5.91 Å². The van der Waals surface area contributed by atoms with Crippen LogP contribution in [0.1, 0.15) is 42.7 Å². The fourth-order valence-corrected chi connectivity index (χ4v) is 4.31. The van der Waals surface area contributed by atoms with E-state index in [1.807, 2.05) is 26.0 Å². The summed E-state index contributed by atoms with van der Waals surface area (Å²) in [6.45, 7) is 4.92. The molecule has 33 heavy (non-hydrogen) atoms. The number of hydrogen-bond acceptors (Lipinski definition) is 6. The lowest BCUT2D eigenvalue weighted by atomic mass is 9.72. The molecular weight excluding hydrogens is 416 g/mol. The van der Waals surface area contributed by atoms with E-state index in [1.165, 1.54) is 18.7 Å². The predicted octanol–water partition coefficient (Wildman–Crippen LogP) is 2.92. The monoisotopic (exact) mass is 444 g/mol. The van der Waals surface area contributed by atoms with Gasteiger partial charge in [-0.2, -0.15) is 0 Å². The molecule has 8 nitrogen and oxygen atoms in total. The molecule has 0 aliphatic carbocycles. The summed E-state index contributed by atoms with van der Waals surface area (Å²) in [5.74, 6) is -0.107. The fraction of sp³-hybridized carbons (Fsp3) is 0.360. The Bertz CT molecular complexity index is 1100. The molecule has 8 heteroatoms. The maximum Gasteiger partial charge on any atom is 0.274 e. The van der Waals surface area contributed by atoms with Crippen LogP contribution in [0.3, 0.4) is 0 Å². The van der Waals surface area contributed by atoms with E-state index in [0.717, 1.165) is 16.7 Å². The van der Waals surface area contributed by atoms with Crippen molar-refractivity contribution in [2.75, 3.05) is 13.1 Å². The number of rotatable bonds is 6. The second kappa shape index (κ2) is 9.85. The van der Waals surface area contributed by atoms with Crippen LogP contribution in [0.5, 0.6) is 0 Å². The number of amides is 2. The number of aromatic nitrogens is 4. The second-order valence-corrected chi connectivity index (χ2v) is 8.80. The summed E-state index contributed by atoms with van der Waals surface area (Å²) in [7, 11) is 0. The highest BCUT2D eigenvalue weighted by Gasteiger charge is 2.42. The highest BCUT2D eigenvalue weighted by molar-refractivity contribution is 5.92. The van der Waals surface area contributed by atoms with Gasteiger partial charge in [-0.15, -0.1) is 0 Å². The molecule has 1 fully saturated rings. The molecule has 3 heterocycles. The summed E-state index contributed by atoms with van der Waals surface area (Å²) >= 11 is 0. The third-order valence-electron chi connectivity index (χ3n) is 6.05. The Morgan fingerprint density at radius 1 is 1.03 bits per heavy atom. The molecule has 4 rings (SSSR count). The van der Waals surface area contributed by atoms with Crippen molar-refractivity contribution in [1.29, 1.82) is 0 Å². The Morgan fingerprint density at radius 3 is 2.45 bits per heavy atom. The third-order valence-corrected chi connectivity index (χ3v) is 6.05. The average molecular weight is 445 g/mol. The molecule has 1 aromatic carbocycles. The number of likely N-dealkylation sites (tertiary alicyclic amines) is 1. The maximum atomic E-state index is 13.4. The predicted molar refractivity (Wildman–Crippen MR) is 124 cm³/mol. The minimum absolute atomic E-state index is 0.0394. The molecule has 170 valence electrons. The summed E-state index contributed by atoms with van der Waals surface area (Å²) in [4.78, 5) is 44.3. The van der Waals surface area contributed by atoms with E-state index in [0.29, 0.717) is 38.0 Å². The molecule has 0 unspecified atom stereocenters. The molecule has 1 aliphatic rings. The summed E-state index contributed by atoms with van der Waals surface area (Å²) in [6.07, 6.45) is 11.4. The van der Waals surface area contributed by atoms with E-state index in [1.54, 1.807) is 23.5 Å². The molecule has 0 bridgehead atoms. The van der Waals surface area contributed by atoms with Crippen LogP contribution in [0, 0.1) is 5.41 Å². The number of carbonyl (C=O) groups excluding carboxylic acids is 2. The van der Waals surface area contributed by atoms with Crippen LogP contribution < -0.4 is 5.32 Å². The van der Waals surface area contributed by atoms with Crippen molar-refractivity contribution in [3.8, 4) is 11.1 Å². The number of nitrogens with one attached hydrogen (secondary N) is 1. The first-order chi connectivity index (χ1) is 16.0. The molecule has 0 atom stereocenters. The second-order valence-electron chi connectivity index (χ2n) is 8.80. The van der Waals surface area contributed by atoms with Gasteiger partial charge < -0.3 is 10.2 Å². The summed E-state index contributed by atoms with van der Waals surface area (Å²) in [6, 6.07) is 8.21. The van der Waals surface area contributed by atoms with Gasteiger partial charge in [-0.1, -0.05) is 24.3 Å². The van der Waals surface area contributed by atoms with Gasteiger partial charge in [-0.25, -0.2) is 15.0 Å². The van der Waals surface area contributed by atoms with E-state index < -0.39 is 5.41 Å². The Labute approximate surface area is 193 Å². The van der Waals surface area contributed by atoms with Crippen LogP contribution in [-0.2, 0) is 11.2 Å². The molecule has 0 spiro atoms. The molecule has 1 aliphatic heterocycles. The van der Waals surface area contributed by atoms with Gasteiger partial charge >= 0.3 is 0 Å². The number of nitrogens with zero attached hydrogens (tertiary/aromatic N) is 5. The van der Waals surface area contributed by atoms with Gasteiger partial charge in [0.2, 0.25) is 5.91 Å². The highest BCUT2D eigenvalue weighted by Crippen LogP contribution is 2.37. The van der Waals surface area contributed by atoms with Crippen LogP contribution in [0.4, 0.5) is 0 Å². The smallest absolute Gasteiger partial charge is 0.274 e. The van der Waals surface area contributed by atoms with Crippen LogP contribution in [0.25, 0.3) is 11.1 Å². The van der Waals surface area contributed by atoms with Gasteiger partial charge in [0.1, 0.15) is 12.0 Å². The van der Waals surface area contributed by atoms with Gasteiger partial charge in [0.15, 0.2) is 0 Å². The lowest BCUT2D eigenvalue weighted by Crippen LogP contribution is -2.52. The van der Waals surface area contributed by atoms with Crippen LogP contribution in [-0.4, -0.2) is 55.8 Å². The first kappa shape index (κ1) is 22.5. The van der Waals surface area contributed by atoms with E-state index >= 15 is 0 Å². The fourth-order valence-electron chi connectivity index (χ4n) is 4.31. The summed E-state index contributed by atoms with van der Waals surface area (Å²) < 4.78 is 0. The molecule has 1 saturated heterocycles. The van der Waals surface area contributed by atoms with E-state index in [-0.39, 0.29) is 17.9 Å². The van der Waals surface area contributed by atoms with Crippen molar-refractivity contribution in [3.05, 3.63) is 72.8 Å². The Balaban J connectivity index is 1.55. The van der Waals surface area contributed by atoms with Crippen LogP contribution >= 0.6 is 0 Å². The van der Waals surface area contributed by atoms with E-state index in [2.05, 4.69) is 37.4 Å². The number of carbonyl (C=O) groups is 2. The Kier molecular flexibility index (Phi) is 6.72. The van der Waals surface area contributed by atoms with Gasteiger partial charge in [0.05, 0.1) is 11.6 Å². The Hall–Kier alpha value is -3.68. The zero-order valence-electron chi connectivity index (χ0n) is 18.9. The van der Waals surface area contributed by atoms with Gasteiger partial charge in [0, 0.05) is 49.5 Å². The molecule has 2 aromatic heterocycles. The minimum atomic E-state index is -0.588. The quantitative estimate of drug-likeness (QED) is 0.627. The van der Waals surface area contributed by atoms with Crippen molar-refractivity contribution in [2.45, 2.75) is 39.2 Å². The van der Waals surface area contributed by atoms with E-state index in [9.17, 15) is 9.59 Å². The topological polar surface area (TPSA) is 101 Å². The normalized spacial score (nSPS) is 15.3. The zero-order chi connectivity index (χ0) is 23.3. The van der Waals surface area contributed by atoms with Crippen molar-refractivity contribution < 1.29 is 9.59 Å². The summed E-state index contributed by atoms with van der Waals surface area (Å²) in [5, 5.41) is 3.11. The lowest BCUT2D eigenvalue weighted by Gasteiger charge is -2.41. The molecule has 2 amide bonds. The largest absolute Gasteiger partial charge is 0.353 e. The van der Waals surface area contributed by atoms with Gasteiger partial charge in [-0.3, -0.25) is 14.6 Å². The van der Waals surface area contributed by atoms with Crippen molar-refractivity contribution in [1.82, 2.24) is 30.2 Å². The van der Waals surface area contributed by atoms with E-state index in [4.69, 9.17) is 0 Å². The first-order valence-corrected chi connectivity index (χ1v) is 11.2. The highest BCUT2D eigenvalue weighted by atomic mass is 16.2. The molecule has 0 radical (unpaired) electrons. The number of piperidine rings is 1. The molecular formula is C25H28N6O2. The molecule has 0 saturated carbocycles. The first-order valence-electron chi connectivity index (χ1n) is 11.2. The third kappa shape index (κ3) is 5.22. The maximum absolute atomic E-state index is 13.4. The van der Waals surface area contributed by atoms with Crippen LogP contribution in [0.2, 0.25) is 0 Å². The summed E-state index contributed by atoms with van der Waals surface area (Å²) in [5.41, 5.74) is 2.76. The zero-order valence-corrected chi connectivity index (χ0v) is 18.9. The molecule has 1 N–H and O–H groups in total. The van der Waals surface area contributed by atoms with Crippen molar-refractivity contribution in [2.24, 2.45) is 5.41 Å². The van der Waals surface area contributed by atoms with Crippen molar-refractivity contribution >= 4 is 11.8 Å². The standard InChI is InChI=1S/C25H28N6O2/c1-18(2)30-24(33)25(6-10-31(11-7-25)23(32)22-16-26-8-9-29-22)13-19-4-3-5-20(12-19)21-14-27-17-28-15-21/h3-5,8-9,12,14-18H,6-7,10-11,13H2,1-2H3,(H,30,33). The average Bonchev–Trinajstić information content (AvgIpc) is 2.85. The molecule has 3 aromatic rings. The van der Waals surface area contributed by atoms with Crippen LogP contribution in [0.15, 0.2) is 61.6 Å². The van der Waals surface area contributed by atoms with Crippen molar-refractivity contribution in [3.63, 3.8) is 0 Å². The SMILES string of the molecule is CC(C)NC(=O)C1(Cc2cccc(-c3cncnc3)c2)CCN(C(=O)c2cnccn2)CC1. The number of hydrogen-bond donors (Lipinski definition) is 1. The minimum Gasteiger partial charge on any atom is -0.353 e. The Morgan fingerprint density at radius 2 is 1.79 bits per heavy atom. The lowest BCUT2D eigenvalue weighted by molar-refractivity contribution is -0.134. The number of benzene rings is 1. The van der Waals surface area contributed by atoms with Gasteiger partial charge in [-0.05, 0) is 44.2 Å².